The normalized spacial score (nSPS) is 12.1. The van der Waals surface area contributed by atoms with Crippen LogP contribution in [0, 0.1) is 0 Å². The van der Waals surface area contributed by atoms with Crippen molar-refractivity contribution in [3.63, 3.8) is 0 Å². The molecule has 0 spiro atoms. The van der Waals surface area contributed by atoms with Gasteiger partial charge in [0, 0.05) is 21.9 Å². The highest BCUT2D eigenvalue weighted by Crippen LogP contribution is 2.24. The Morgan fingerprint density at radius 2 is 1.59 bits per heavy atom. The van der Waals surface area contributed by atoms with Crippen LogP contribution < -0.4 is 5.32 Å². The number of carbonyl (C=O) groups is 1. The van der Waals surface area contributed by atoms with Crippen LogP contribution in [0.2, 0.25) is 0 Å². The molecule has 0 aliphatic rings. The maximum atomic E-state index is 12.5. The molecule has 0 saturated carbocycles. The summed E-state index contributed by atoms with van der Waals surface area (Å²) in [6, 6.07) is 15.3. The Labute approximate surface area is 133 Å². The van der Waals surface area contributed by atoms with Crippen LogP contribution in [0.25, 0.3) is 5.70 Å². The fraction of sp³-hybridized carbons (Fsp3) is 0.0625. The number of anilines is 1. The van der Waals surface area contributed by atoms with Crippen LogP contribution in [-0.2, 0) is 4.79 Å². The summed E-state index contributed by atoms with van der Waals surface area (Å²) in [5.41, 5.74) is 1.15. The molecule has 0 unspecified atom stereocenters. The molecule has 0 radical (unpaired) electrons. The molecular weight excluding hydrogens is 359 g/mol. The molecule has 0 fully saturated rings. The Kier molecular flexibility index (Phi) is 5.03. The van der Waals surface area contributed by atoms with Gasteiger partial charge in [0.15, 0.2) is 0 Å². The van der Waals surface area contributed by atoms with Crippen molar-refractivity contribution in [1.29, 1.82) is 0 Å². The van der Waals surface area contributed by atoms with E-state index in [1.165, 1.54) is 0 Å². The van der Waals surface area contributed by atoms with Gasteiger partial charge in [0.05, 0.1) is 0 Å². The largest absolute Gasteiger partial charge is 0.454 e. The molecule has 2 aromatic rings. The van der Waals surface area contributed by atoms with Gasteiger partial charge in [-0.25, -0.2) is 0 Å². The number of carbonyl (C=O) groups excluding carboxylic acids is 1. The fourth-order valence-electron chi connectivity index (χ4n) is 1.71. The number of ketones is 1. The van der Waals surface area contributed by atoms with Crippen molar-refractivity contribution >= 4 is 33.1 Å². The van der Waals surface area contributed by atoms with Gasteiger partial charge in [-0.3, -0.25) is 4.79 Å². The zero-order chi connectivity index (χ0) is 16.2. The van der Waals surface area contributed by atoms with Crippen LogP contribution in [0.4, 0.5) is 18.9 Å². The SMILES string of the molecule is O=C(C=C(Nc1ccccc1)c1ccc(Br)cc1)C(F)(F)F. The summed E-state index contributed by atoms with van der Waals surface area (Å²) in [4.78, 5) is 11.3. The molecule has 1 N–H and O–H groups in total. The zero-order valence-electron chi connectivity index (χ0n) is 11.2. The van der Waals surface area contributed by atoms with Crippen molar-refractivity contribution in [2.24, 2.45) is 0 Å². The predicted molar refractivity (Wildman–Crippen MR) is 83.2 cm³/mol. The first-order valence-electron chi connectivity index (χ1n) is 6.27. The summed E-state index contributed by atoms with van der Waals surface area (Å²) in [6.45, 7) is 0. The predicted octanol–water partition coefficient (Wildman–Crippen LogP) is 5.03. The molecule has 2 aromatic carbocycles. The molecule has 0 aliphatic carbocycles. The van der Waals surface area contributed by atoms with E-state index in [1.807, 2.05) is 0 Å². The van der Waals surface area contributed by atoms with Gasteiger partial charge < -0.3 is 5.32 Å². The van der Waals surface area contributed by atoms with Crippen LogP contribution in [0.1, 0.15) is 5.56 Å². The standard InChI is InChI=1S/C16H11BrF3NO/c17-12-8-6-11(7-9-12)14(10-15(22)16(18,19)20)21-13-4-2-1-3-5-13/h1-10,21H. The third-order valence-electron chi connectivity index (χ3n) is 2.76. The van der Waals surface area contributed by atoms with E-state index in [1.54, 1.807) is 54.6 Å². The molecule has 114 valence electrons. The minimum absolute atomic E-state index is 0.0843. The van der Waals surface area contributed by atoms with E-state index >= 15 is 0 Å². The van der Waals surface area contributed by atoms with Crippen LogP contribution in [0.5, 0.6) is 0 Å². The molecule has 0 aromatic heterocycles. The Balaban J connectivity index is 2.38. The van der Waals surface area contributed by atoms with Crippen LogP contribution in [0.3, 0.4) is 0 Å². The second kappa shape index (κ2) is 6.79. The van der Waals surface area contributed by atoms with Crippen molar-refractivity contribution in [3.8, 4) is 0 Å². The van der Waals surface area contributed by atoms with E-state index in [-0.39, 0.29) is 5.70 Å². The first-order chi connectivity index (χ1) is 10.4. The van der Waals surface area contributed by atoms with Crippen molar-refractivity contribution < 1.29 is 18.0 Å². The second-order valence-electron chi connectivity index (χ2n) is 4.42. The number of halogens is 4. The summed E-state index contributed by atoms with van der Waals surface area (Å²) in [5, 5.41) is 2.84. The number of hydrogen-bond donors (Lipinski definition) is 1. The molecular formula is C16H11BrF3NO. The van der Waals surface area contributed by atoms with Crippen molar-refractivity contribution in [2.75, 3.05) is 5.32 Å². The number of benzene rings is 2. The molecule has 0 atom stereocenters. The Morgan fingerprint density at radius 3 is 2.14 bits per heavy atom. The highest BCUT2D eigenvalue weighted by Gasteiger charge is 2.36. The number of nitrogens with one attached hydrogen (secondary N) is 1. The molecule has 0 heterocycles. The molecule has 0 amide bonds. The molecule has 6 heteroatoms. The average Bonchev–Trinajstić information content (AvgIpc) is 2.47. The van der Waals surface area contributed by atoms with E-state index in [0.29, 0.717) is 17.3 Å². The quantitative estimate of drug-likeness (QED) is 0.765. The lowest BCUT2D eigenvalue weighted by Crippen LogP contribution is -2.21. The fourth-order valence-corrected chi connectivity index (χ4v) is 1.98. The topological polar surface area (TPSA) is 29.1 Å². The van der Waals surface area contributed by atoms with E-state index in [2.05, 4.69) is 21.2 Å². The highest BCUT2D eigenvalue weighted by atomic mass is 79.9. The first kappa shape index (κ1) is 16.3. The maximum absolute atomic E-state index is 12.5. The summed E-state index contributed by atoms with van der Waals surface area (Å²) in [6.07, 6.45) is -4.34. The van der Waals surface area contributed by atoms with Crippen molar-refractivity contribution in [2.45, 2.75) is 6.18 Å². The molecule has 2 nitrogen and oxygen atoms in total. The Bertz CT molecular complexity index is 679. The van der Waals surface area contributed by atoms with E-state index in [0.717, 1.165) is 4.47 Å². The molecule has 0 bridgehead atoms. The molecule has 0 saturated heterocycles. The summed E-state index contributed by atoms with van der Waals surface area (Å²) < 4.78 is 38.3. The average molecular weight is 370 g/mol. The Hall–Kier alpha value is -2.08. The number of rotatable bonds is 4. The van der Waals surface area contributed by atoms with Gasteiger partial charge in [0.25, 0.3) is 5.78 Å². The van der Waals surface area contributed by atoms with E-state index in [9.17, 15) is 18.0 Å². The summed E-state index contributed by atoms with van der Waals surface area (Å²) in [5.74, 6) is -1.91. The van der Waals surface area contributed by atoms with Crippen LogP contribution >= 0.6 is 15.9 Å². The van der Waals surface area contributed by atoms with E-state index < -0.39 is 12.0 Å². The number of allylic oxidation sites excluding steroid dienone is 1. The van der Waals surface area contributed by atoms with Crippen LogP contribution in [0.15, 0.2) is 65.1 Å². The van der Waals surface area contributed by atoms with Crippen LogP contribution in [-0.4, -0.2) is 12.0 Å². The minimum atomic E-state index is -4.90. The molecule has 0 aliphatic heterocycles. The number of para-hydroxylation sites is 1. The number of hydrogen-bond acceptors (Lipinski definition) is 2. The number of alkyl halides is 3. The third-order valence-corrected chi connectivity index (χ3v) is 3.29. The van der Waals surface area contributed by atoms with Gasteiger partial charge in [0.2, 0.25) is 0 Å². The lowest BCUT2D eigenvalue weighted by molar-refractivity contribution is -0.165. The highest BCUT2D eigenvalue weighted by molar-refractivity contribution is 9.10. The monoisotopic (exact) mass is 369 g/mol. The maximum Gasteiger partial charge on any atom is 0.454 e. The van der Waals surface area contributed by atoms with Gasteiger partial charge in [-0.05, 0) is 29.8 Å². The lowest BCUT2D eigenvalue weighted by Gasteiger charge is -2.12. The van der Waals surface area contributed by atoms with Crippen molar-refractivity contribution in [3.05, 3.63) is 70.7 Å². The van der Waals surface area contributed by atoms with Gasteiger partial charge >= 0.3 is 6.18 Å². The third kappa shape index (κ3) is 4.46. The van der Waals surface area contributed by atoms with Gasteiger partial charge in [-0.2, -0.15) is 13.2 Å². The lowest BCUT2D eigenvalue weighted by atomic mass is 10.1. The molecule has 2 rings (SSSR count). The molecule has 22 heavy (non-hydrogen) atoms. The van der Waals surface area contributed by atoms with Gasteiger partial charge in [-0.15, -0.1) is 0 Å². The minimum Gasteiger partial charge on any atom is -0.355 e. The smallest absolute Gasteiger partial charge is 0.355 e. The van der Waals surface area contributed by atoms with E-state index in [4.69, 9.17) is 0 Å². The first-order valence-corrected chi connectivity index (χ1v) is 7.06. The van der Waals surface area contributed by atoms with Gasteiger partial charge in [-0.1, -0.05) is 46.3 Å². The van der Waals surface area contributed by atoms with Crippen molar-refractivity contribution in [1.82, 2.24) is 0 Å². The summed E-state index contributed by atoms with van der Waals surface area (Å²) >= 11 is 3.26. The summed E-state index contributed by atoms with van der Waals surface area (Å²) in [7, 11) is 0. The van der Waals surface area contributed by atoms with Gasteiger partial charge in [0.1, 0.15) is 0 Å². The Morgan fingerprint density at radius 1 is 1.00 bits per heavy atom. The second-order valence-corrected chi connectivity index (χ2v) is 5.33. The zero-order valence-corrected chi connectivity index (χ0v) is 12.8.